The molecule has 1 saturated heterocycles. The van der Waals surface area contributed by atoms with Crippen molar-refractivity contribution >= 4 is 107 Å². The first kappa shape index (κ1) is 75.2. The van der Waals surface area contributed by atoms with E-state index in [4.69, 9.17) is 31.8 Å². The van der Waals surface area contributed by atoms with E-state index in [0.717, 1.165) is 10.9 Å². The molecule has 5 aromatic rings. The zero-order valence-corrected chi connectivity index (χ0v) is 55.6. The van der Waals surface area contributed by atoms with Gasteiger partial charge in [-0.05, 0) is 80.3 Å². The third-order valence-corrected chi connectivity index (χ3v) is 16.4. The molecule has 96 heavy (non-hydrogen) atoms. The maximum Gasteiger partial charge on any atom is 0.317 e. The summed E-state index contributed by atoms with van der Waals surface area (Å²) in [5, 5.41) is 32.8. The first-order chi connectivity index (χ1) is 44.6. The molecule has 5 heterocycles. The molecule has 514 valence electrons. The van der Waals surface area contributed by atoms with Gasteiger partial charge >= 0.3 is 11.9 Å². The summed E-state index contributed by atoms with van der Waals surface area (Å²) in [6, 6.07) is 15.9. The molecular formula is C66H82Cl2N14O14. The van der Waals surface area contributed by atoms with Crippen LogP contribution in [0.25, 0.3) is 22.3 Å². The Hall–Kier alpha value is -9.80. The van der Waals surface area contributed by atoms with Crippen LogP contribution in [0.5, 0.6) is 0 Å². The number of aromatic nitrogens is 2. The van der Waals surface area contributed by atoms with Crippen molar-refractivity contribution in [2.75, 3.05) is 13.1 Å². The quantitative estimate of drug-likeness (QED) is 0.0143. The minimum atomic E-state index is -1.67. The Balaban J connectivity index is 0.00000729. The molecule has 7 atom stereocenters. The minimum Gasteiger partial charge on any atom is -0.481 e. The van der Waals surface area contributed by atoms with Gasteiger partial charge in [0, 0.05) is 48.9 Å². The fourth-order valence-electron chi connectivity index (χ4n) is 11.5. The number of carboxylic acids is 1. The number of oxime groups is 1. The van der Waals surface area contributed by atoms with Crippen molar-refractivity contribution in [3.05, 3.63) is 134 Å². The number of para-hydroxylation sites is 1. The standard InChI is InChI=1S/C66H80N14O14.2ClH/c1-7-66(43-26-50-56-41(33-80(50)62(91)42(43)34-93-63(66)92)40(31-73-94-65(4,5)6)39-16-11-12-17-45(39)75-56)29-51(81)55(35(2)3)79-57(86)44(67)27-52(82)71-30-38-21-19-37(20-22-38)25-48-59(88)76-46(18-13-23-70-64(68)69)58(87)72-32-53(83)74-49(28-54(84)85)61(90)78-47(60(89)77-48)24-36-14-9-8-10-15-36;;/h8-12,14-17,19-22,26,31,35,44,46-49,55H,7,13,18,23-25,27-30,32-34,67H2,1-6H3,(H,71,82)(H,72,87)(H,74,83)(H,76,88)(H,77,89)(H,78,90)(H,79,86)(H,84,85)(H4,68,69,70);2*1H/b73-31+;;/t44-,46-,47?,48-,49-,55-,66-;;/m0../s1. The number of ether oxygens (including phenoxy) is 1. The van der Waals surface area contributed by atoms with Gasteiger partial charge in [-0.3, -0.25) is 57.7 Å². The number of nitrogens with one attached hydrogen (secondary N) is 7. The number of nitrogens with zero attached hydrogens (tertiary/aromatic N) is 4. The van der Waals surface area contributed by atoms with Gasteiger partial charge in [0.05, 0.1) is 66.7 Å². The van der Waals surface area contributed by atoms with Crippen molar-refractivity contribution in [2.45, 2.75) is 160 Å². The summed E-state index contributed by atoms with van der Waals surface area (Å²) in [6.45, 7) is 9.88. The highest BCUT2D eigenvalue weighted by Gasteiger charge is 2.50. The number of carbonyl (C=O) groups is 10. The summed E-state index contributed by atoms with van der Waals surface area (Å²) < 4.78 is 7.28. The topological polar surface area (TPSA) is 431 Å². The molecular weight excluding hydrogens is 1280 g/mol. The van der Waals surface area contributed by atoms with Crippen LogP contribution in [0.15, 0.2) is 99.9 Å². The van der Waals surface area contributed by atoms with Crippen LogP contribution in [-0.4, -0.2) is 141 Å². The number of cyclic esters (lactones) is 1. The normalized spacial score (nSPS) is 19.5. The molecule has 3 aliphatic rings. The van der Waals surface area contributed by atoms with E-state index in [1.807, 2.05) is 45.0 Å². The number of fused-ring (bicyclic) bond motifs is 5. The zero-order valence-electron chi connectivity index (χ0n) is 54.0. The highest BCUT2D eigenvalue weighted by molar-refractivity contribution is 6.03. The molecule has 1 fully saturated rings. The number of carbonyl (C=O) groups excluding carboxylic acids is 9. The average Bonchev–Trinajstić information content (AvgIpc) is 1.45. The number of pyridine rings is 2. The SMILES string of the molecule is CC[C@@]1(CC(=O)[C@@H](NC(=O)[C@@H](N)CC(=O)NCc2ccc(C[C@@H]3NC(=O)C(Cc4ccccc4)NC(=O)[C@H](CC(=O)O)NC(=O)CNC(=O)[C@H](CCCN=C(N)N)NC3=O)cc2)C(C)C)C(=O)OCc2c1cc1n(c2=O)Cc2c-1nc1ccccc1c2/C=N/OC(C)(C)C.Cl.Cl. The molecule has 3 aliphatic heterocycles. The predicted octanol–water partition coefficient (Wildman–Crippen LogP) is 1.64. The zero-order chi connectivity index (χ0) is 68.2. The van der Waals surface area contributed by atoms with Crippen molar-refractivity contribution < 1.29 is 62.6 Å². The fourth-order valence-corrected chi connectivity index (χ4v) is 11.5. The Kier molecular flexibility index (Phi) is 25.9. The van der Waals surface area contributed by atoms with Gasteiger partial charge in [-0.15, -0.1) is 24.8 Å². The van der Waals surface area contributed by atoms with E-state index in [9.17, 15) is 57.8 Å². The van der Waals surface area contributed by atoms with Crippen molar-refractivity contribution in [2.24, 2.45) is 33.3 Å². The maximum absolute atomic E-state index is 14.6. The number of hydrogen-bond donors (Lipinski definition) is 11. The number of nitrogens with two attached hydrogens (primary N) is 3. The number of benzene rings is 3. The predicted molar refractivity (Wildman–Crippen MR) is 359 cm³/mol. The van der Waals surface area contributed by atoms with Crippen LogP contribution < -0.4 is 60.0 Å². The lowest BCUT2D eigenvalue weighted by molar-refractivity contribution is -0.156. The lowest BCUT2D eigenvalue weighted by Gasteiger charge is -2.37. The number of aliphatic carboxylic acids is 1. The van der Waals surface area contributed by atoms with Crippen LogP contribution in [0.3, 0.4) is 0 Å². The fraction of sp³-hybridized carbons (Fsp3) is 0.424. The minimum absolute atomic E-state index is 0. The van der Waals surface area contributed by atoms with Gasteiger partial charge in [-0.25, -0.2) is 4.98 Å². The smallest absolute Gasteiger partial charge is 0.317 e. The van der Waals surface area contributed by atoms with E-state index >= 15 is 0 Å². The summed E-state index contributed by atoms with van der Waals surface area (Å²) in [4.78, 5) is 166. The molecule has 3 aromatic carbocycles. The summed E-state index contributed by atoms with van der Waals surface area (Å²) >= 11 is 0. The molecule has 8 rings (SSSR count). The van der Waals surface area contributed by atoms with Gasteiger partial charge in [-0.1, -0.05) is 98.7 Å². The summed E-state index contributed by atoms with van der Waals surface area (Å²) in [5.74, 6) is -9.29. The summed E-state index contributed by atoms with van der Waals surface area (Å²) in [6.07, 6.45) is -0.304. The summed E-state index contributed by atoms with van der Waals surface area (Å²) in [7, 11) is 0. The van der Waals surface area contributed by atoms with Gasteiger partial charge in [0.25, 0.3) is 5.56 Å². The second kappa shape index (κ2) is 33.0. The number of rotatable bonds is 23. The van der Waals surface area contributed by atoms with Crippen LogP contribution >= 0.6 is 24.8 Å². The first-order valence-electron chi connectivity index (χ1n) is 31.0. The molecule has 0 aliphatic carbocycles. The second-order valence-electron chi connectivity index (χ2n) is 24.9. The number of guanidine groups is 1. The van der Waals surface area contributed by atoms with Crippen molar-refractivity contribution in [1.82, 2.24) is 46.8 Å². The maximum atomic E-state index is 14.6. The van der Waals surface area contributed by atoms with Crippen LogP contribution in [0.4, 0.5) is 0 Å². The highest BCUT2D eigenvalue weighted by atomic mass is 35.5. The molecule has 0 bridgehead atoms. The van der Waals surface area contributed by atoms with Gasteiger partial charge in [0.1, 0.15) is 41.8 Å². The van der Waals surface area contributed by atoms with E-state index in [2.05, 4.69) is 47.4 Å². The molecule has 7 amide bonds. The summed E-state index contributed by atoms with van der Waals surface area (Å²) in [5.41, 5.74) is 19.9. The Morgan fingerprint density at radius 1 is 0.823 bits per heavy atom. The number of carboxylic acid groups (broad SMARTS) is 1. The third kappa shape index (κ3) is 18.8. The van der Waals surface area contributed by atoms with Crippen LogP contribution in [0, 0.1) is 5.92 Å². The second-order valence-corrected chi connectivity index (χ2v) is 24.9. The number of ketones is 1. The monoisotopic (exact) mass is 1360 g/mol. The number of amides is 7. The molecule has 1 unspecified atom stereocenters. The Morgan fingerprint density at radius 3 is 2.06 bits per heavy atom. The van der Waals surface area contributed by atoms with Crippen LogP contribution in [-0.2, 0) is 95.5 Å². The Labute approximate surface area is 565 Å². The molecule has 0 spiro atoms. The number of aliphatic imine (C=N–C) groups is 1. The molecule has 14 N–H and O–H groups in total. The number of hydrogen-bond acceptors (Lipinski definition) is 17. The molecule has 0 radical (unpaired) electrons. The van der Waals surface area contributed by atoms with Crippen LogP contribution in [0.2, 0.25) is 0 Å². The first-order valence-corrected chi connectivity index (χ1v) is 31.0. The van der Waals surface area contributed by atoms with Gasteiger partial charge < -0.3 is 73.7 Å². The number of halogens is 2. The van der Waals surface area contributed by atoms with E-state index in [-0.39, 0.29) is 94.7 Å². The number of Topliss-reactive ketones (excluding diaryl/α,β-unsaturated/α-hetero) is 1. The van der Waals surface area contributed by atoms with Crippen molar-refractivity contribution in [1.29, 1.82) is 0 Å². The van der Waals surface area contributed by atoms with E-state index in [0.29, 0.717) is 44.7 Å². The largest absolute Gasteiger partial charge is 0.481 e. The van der Waals surface area contributed by atoms with E-state index < -0.39 is 144 Å². The Bertz CT molecular complexity index is 3870. The van der Waals surface area contributed by atoms with Crippen molar-refractivity contribution in [3.63, 3.8) is 0 Å². The van der Waals surface area contributed by atoms with E-state index in [1.165, 1.54) is 0 Å². The van der Waals surface area contributed by atoms with Gasteiger partial charge in [0.2, 0.25) is 41.4 Å². The molecule has 30 heteroatoms. The Morgan fingerprint density at radius 2 is 1.44 bits per heavy atom. The van der Waals surface area contributed by atoms with Gasteiger partial charge in [-0.2, -0.15) is 0 Å². The highest BCUT2D eigenvalue weighted by Crippen LogP contribution is 2.43. The van der Waals surface area contributed by atoms with Crippen molar-refractivity contribution in [3.8, 4) is 11.4 Å². The van der Waals surface area contributed by atoms with Gasteiger partial charge in [0.15, 0.2) is 11.7 Å². The van der Waals surface area contributed by atoms with Crippen LogP contribution in [0.1, 0.15) is 119 Å². The van der Waals surface area contributed by atoms with E-state index in [1.54, 1.807) is 92.2 Å². The third-order valence-electron chi connectivity index (χ3n) is 16.4. The average molecular weight is 1370 g/mol. The molecule has 28 nitrogen and oxygen atoms in total. The molecule has 2 aromatic heterocycles. The molecule has 0 saturated carbocycles. The number of esters is 1. The lowest BCUT2D eigenvalue weighted by Crippen LogP contribution is -2.58. The lowest BCUT2D eigenvalue weighted by atomic mass is 9.70.